The number of piperidine rings is 1. The van der Waals surface area contributed by atoms with Crippen LogP contribution in [0.5, 0.6) is 0 Å². The van der Waals surface area contributed by atoms with E-state index in [0.717, 1.165) is 25.1 Å². The van der Waals surface area contributed by atoms with Crippen LogP contribution in [0.15, 0.2) is 73.3 Å². The SMILES string of the molecule is CN1OC[C@@H]2CN(C(=O)CCc3ccccc3)[C@H](c3ccc(-n4ccnc4)cc3)C[C@@H]21. The fraction of sp³-hybridized carbons (Fsp3) is 0.360. The molecule has 3 heterocycles. The Morgan fingerprint density at radius 1 is 1.13 bits per heavy atom. The topological polar surface area (TPSA) is 50.6 Å². The Hall–Kier alpha value is -2.96. The summed E-state index contributed by atoms with van der Waals surface area (Å²) in [4.78, 5) is 25.4. The highest BCUT2D eigenvalue weighted by molar-refractivity contribution is 5.77. The maximum atomic E-state index is 13.3. The van der Waals surface area contributed by atoms with Crippen molar-refractivity contribution >= 4 is 5.91 Å². The minimum absolute atomic E-state index is 0.0607. The van der Waals surface area contributed by atoms with Crippen LogP contribution in [0.1, 0.15) is 30.0 Å². The second-order valence-corrected chi connectivity index (χ2v) is 8.51. The van der Waals surface area contributed by atoms with Gasteiger partial charge in [0, 0.05) is 50.1 Å². The van der Waals surface area contributed by atoms with Gasteiger partial charge in [-0.3, -0.25) is 9.63 Å². The Bertz CT molecular complexity index is 1000. The first-order chi connectivity index (χ1) is 15.2. The molecule has 5 rings (SSSR count). The minimum atomic E-state index is 0.0607. The molecule has 6 heteroatoms. The molecule has 0 aliphatic carbocycles. The molecule has 0 unspecified atom stereocenters. The number of hydroxylamine groups is 2. The van der Waals surface area contributed by atoms with Crippen LogP contribution >= 0.6 is 0 Å². The van der Waals surface area contributed by atoms with Gasteiger partial charge < -0.3 is 9.47 Å². The molecule has 0 bridgehead atoms. The summed E-state index contributed by atoms with van der Waals surface area (Å²) in [5, 5.41) is 1.99. The number of aromatic nitrogens is 2. The lowest BCUT2D eigenvalue weighted by Crippen LogP contribution is -2.49. The number of amides is 1. The third-order valence-corrected chi connectivity index (χ3v) is 6.65. The summed E-state index contributed by atoms with van der Waals surface area (Å²) in [6, 6.07) is 19.1. The van der Waals surface area contributed by atoms with E-state index in [1.807, 2.05) is 41.1 Å². The number of aryl methyl sites for hydroxylation is 1. The second-order valence-electron chi connectivity index (χ2n) is 8.51. The van der Waals surface area contributed by atoms with Gasteiger partial charge >= 0.3 is 0 Å². The maximum Gasteiger partial charge on any atom is 0.223 e. The number of rotatable bonds is 5. The van der Waals surface area contributed by atoms with Gasteiger partial charge in [0.2, 0.25) is 5.91 Å². The monoisotopic (exact) mass is 416 g/mol. The molecule has 31 heavy (non-hydrogen) atoms. The highest BCUT2D eigenvalue weighted by atomic mass is 16.7. The van der Waals surface area contributed by atoms with Crippen LogP contribution in [0.25, 0.3) is 5.69 Å². The van der Waals surface area contributed by atoms with E-state index >= 15 is 0 Å². The molecule has 2 saturated heterocycles. The molecular formula is C25H28N4O2. The van der Waals surface area contributed by atoms with Crippen molar-refractivity contribution in [2.24, 2.45) is 5.92 Å². The Morgan fingerprint density at radius 2 is 1.94 bits per heavy atom. The van der Waals surface area contributed by atoms with Crippen molar-refractivity contribution in [2.45, 2.75) is 31.3 Å². The molecule has 2 fully saturated rings. The summed E-state index contributed by atoms with van der Waals surface area (Å²) < 4.78 is 1.99. The molecule has 3 atom stereocenters. The van der Waals surface area contributed by atoms with E-state index in [-0.39, 0.29) is 11.9 Å². The van der Waals surface area contributed by atoms with E-state index in [9.17, 15) is 4.79 Å². The molecular weight excluding hydrogens is 388 g/mol. The summed E-state index contributed by atoms with van der Waals surface area (Å²) in [5.41, 5.74) is 3.45. The first-order valence-electron chi connectivity index (χ1n) is 11.0. The Balaban J connectivity index is 1.37. The normalized spacial score (nSPS) is 23.6. The number of imidazole rings is 1. The van der Waals surface area contributed by atoms with Crippen LogP contribution in [0.2, 0.25) is 0 Å². The zero-order chi connectivity index (χ0) is 21.2. The smallest absolute Gasteiger partial charge is 0.223 e. The van der Waals surface area contributed by atoms with Gasteiger partial charge in [-0.1, -0.05) is 42.5 Å². The number of hydrogen-bond acceptors (Lipinski definition) is 4. The van der Waals surface area contributed by atoms with Crippen LogP contribution in [-0.4, -0.2) is 51.7 Å². The average molecular weight is 417 g/mol. The van der Waals surface area contributed by atoms with Gasteiger partial charge in [-0.2, -0.15) is 5.06 Å². The predicted molar refractivity (Wildman–Crippen MR) is 118 cm³/mol. The lowest BCUT2D eigenvalue weighted by atomic mass is 9.85. The molecule has 6 nitrogen and oxygen atoms in total. The molecule has 0 saturated carbocycles. The zero-order valence-corrected chi connectivity index (χ0v) is 17.8. The number of carbonyl (C=O) groups excluding carboxylic acids is 1. The molecule has 0 spiro atoms. The molecule has 1 amide bonds. The average Bonchev–Trinajstić information content (AvgIpc) is 3.48. The van der Waals surface area contributed by atoms with Gasteiger partial charge in [0.25, 0.3) is 0 Å². The summed E-state index contributed by atoms with van der Waals surface area (Å²) in [5.74, 6) is 0.590. The zero-order valence-electron chi connectivity index (χ0n) is 17.8. The number of benzene rings is 2. The lowest BCUT2D eigenvalue weighted by molar-refractivity contribution is -0.139. The Morgan fingerprint density at radius 3 is 2.68 bits per heavy atom. The molecule has 0 radical (unpaired) electrons. The highest BCUT2D eigenvalue weighted by Crippen LogP contribution is 2.39. The van der Waals surface area contributed by atoms with Crippen molar-refractivity contribution in [3.63, 3.8) is 0 Å². The molecule has 1 aromatic heterocycles. The van der Waals surface area contributed by atoms with Crippen LogP contribution in [0.3, 0.4) is 0 Å². The second kappa shape index (κ2) is 8.65. The summed E-state index contributed by atoms with van der Waals surface area (Å²) in [6.07, 6.45) is 7.70. The predicted octanol–water partition coefficient (Wildman–Crippen LogP) is 3.64. The summed E-state index contributed by atoms with van der Waals surface area (Å²) in [7, 11) is 2.01. The maximum absolute atomic E-state index is 13.3. The van der Waals surface area contributed by atoms with Crippen molar-refractivity contribution in [3.05, 3.63) is 84.4 Å². The van der Waals surface area contributed by atoms with Gasteiger partial charge in [0.15, 0.2) is 0 Å². The first-order valence-corrected chi connectivity index (χ1v) is 11.0. The minimum Gasteiger partial charge on any atom is -0.335 e. The molecule has 160 valence electrons. The summed E-state index contributed by atoms with van der Waals surface area (Å²) >= 11 is 0. The van der Waals surface area contributed by atoms with E-state index in [1.165, 1.54) is 11.1 Å². The molecule has 0 N–H and O–H groups in total. The van der Waals surface area contributed by atoms with Crippen molar-refractivity contribution in [2.75, 3.05) is 20.2 Å². The third kappa shape index (κ3) is 4.13. The Kier molecular flexibility index (Phi) is 5.57. The fourth-order valence-corrected chi connectivity index (χ4v) is 4.88. The number of likely N-dealkylation sites (tertiary alicyclic amines) is 1. The third-order valence-electron chi connectivity index (χ3n) is 6.65. The number of fused-ring (bicyclic) bond motifs is 1. The fourth-order valence-electron chi connectivity index (χ4n) is 4.88. The molecule has 2 aliphatic rings. The number of carbonyl (C=O) groups is 1. The molecule has 3 aromatic rings. The quantitative estimate of drug-likeness (QED) is 0.637. The Labute approximate surface area is 183 Å². The van der Waals surface area contributed by atoms with Gasteiger partial charge in [-0.15, -0.1) is 0 Å². The van der Waals surface area contributed by atoms with Gasteiger partial charge in [-0.05, 0) is 36.1 Å². The van der Waals surface area contributed by atoms with Gasteiger partial charge in [0.05, 0.1) is 19.0 Å². The van der Waals surface area contributed by atoms with E-state index in [4.69, 9.17) is 4.84 Å². The van der Waals surface area contributed by atoms with Crippen LogP contribution in [0, 0.1) is 5.92 Å². The van der Waals surface area contributed by atoms with Gasteiger partial charge in [-0.25, -0.2) is 4.98 Å². The van der Waals surface area contributed by atoms with Crippen molar-refractivity contribution < 1.29 is 9.63 Å². The highest BCUT2D eigenvalue weighted by Gasteiger charge is 2.43. The van der Waals surface area contributed by atoms with Crippen molar-refractivity contribution in [3.8, 4) is 5.69 Å². The van der Waals surface area contributed by atoms with Crippen LogP contribution < -0.4 is 0 Å². The van der Waals surface area contributed by atoms with Crippen LogP contribution in [0.4, 0.5) is 0 Å². The standard InChI is InChI=1S/C25H28N4O2/c1-27-23-15-24(20-8-10-22(11-9-20)28-14-13-26-18-28)29(16-21(23)17-31-27)25(30)12-7-19-5-3-2-4-6-19/h2-6,8-11,13-14,18,21,23-24H,7,12,15-17H2,1H3/t21-,23-,24-/m0/s1. The number of hydrogen-bond donors (Lipinski definition) is 0. The largest absolute Gasteiger partial charge is 0.335 e. The van der Waals surface area contributed by atoms with Gasteiger partial charge in [0.1, 0.15) is 0 Å². The van der Waals surface area contributed by atoms with Crippen LogP contribution in [-0.2, 0) is 16.1 Å². The van der Waals surface area contributed by atoms with E-state index < -0.39 is 0 Å². The lowest BCUT2D eigenvalue weighted by Gasteiger charge is -2.42. The van der Waals surface area contributed by atoms with E-state index in [1.54, 1.807) is 12.5 Å². The number of nitrogens with zero attached hydrogens (tertiary/aromatic N) is 4. The first kappa shape index (κ1) is 20.0. The van der Waals surface area contributed by atoms with Crippen molar-refractivity contribution in [1.29, 1.82) is 0 Å². The summed E-state index contributed by atoms with van der Waals surface area (Å²) in [6.45, 7) is 1.44. The van der Waals surface area contributed by atoms with Crippen molar-refractivity contribution in [1.82, 2.24) is 19.5 Å². The molecule has 2 aromatic carbocycles. The van der Waals surface area contributed by atoms with E-state index in [2.05, 4.69) is 46.3 Å². The van der Waals surface area contributed by atoms with E-state index in [0.29, 0.717) is 25.0 Å². The molecule has 2 aliphatic heterocycles.